The van der Waals surface area contributed by atoms with E-state index < -0.39 is 0 Å². The van der Waals surface area contributed by atoms with Gasteiger partial charge in [-0.2, -0.15) is 0 Å². The average molecular weight is 312 g/mol. The highest BCUT2D eigenvalue weighted by Crippen LogP contribution is 2.40. The van der Waals surface area contributed by atoms with Crippen LogP contribution in [-0.4, -0.2) is 47.7 Å². The molecule has 1 aliphatic carbocycles. The van der Waals surface area contributed by atoms with E-state index in [2.05, 4.69) is 26.3 Å². The minimum atomic E-state index is -0.0763. The van der Waals surface area contributed by atoms with E-state index in [0.717, 1.165) is 18.9 Å². The Hall–Kier alpha value is -1.62. The average Bonchev–Trinajstić information content (AvgIpc) is 2.98. The topological polar surface area (TPSA) is 49.8 Å². The SMILES string of the molecule is c1nc(NC2=NC[C@@]3(CN4CCC3CC4)O2)cc2c1CCCC2. The number of nitrogens with one attached hydrogen (secondary N) is 1. The smallest absolute Gasteiger partial charge is 0.291 e. The molecule has 1 spiro atoms. The molecule has 3 saturated heterocycles. The van der Waals surface area contributed by atoms with Crippen LogP contribution in [0.2, 0.25) is 0 Å². The first-order chi connectivity index (χ1) is 11.3. The van der Waals surface area contributed by atoms with Gasteiger partial charge in [-0.15, -0.1) is 0 Å². The van der Waals surface area contributed by atoms with Crippen LogP contribution in [0.4, 0.5) is 5.82 Å². The van der Waals surface area contributed by atoms with E-state index in [0.29, 0.717) is 11.9 Å². The van der Waals surface area contributed by atoms with E-state index in [1.807, 2.05) is 6.20 Å². The largest absolute Gasteiger partial charge is 0.455 e. The molecule has 0 saturated carbocycles. The summed E-state index contributed by atoms with van der Waals surface area (Å²) in [5, 5.41) is 3.32. The molecule has 5 heteroatoms. The van der Waals surface area contributed by atoms with Gasteiger partial charge in [-0.05, 0) is 68.8 Å². The van der Waals surface area contributed by atoms with Gasteiger partial charge in [-0.3, -0.25) is 10.2 Å². The first kappa shape index (κ1) is 13.8. The van der Waals surface area contributed by atoms with Crippen molar-refractivity contribution in [3.05, 3.63) is 23.4 Å². The van der Waals surface area contributed by atoms with Gasteiger partial charge in [0, 0.05) is 18.7 Å². The van der Waals surface area contributed by atoms with Crippen LogP contribution in [0.25, 0.3) is 0 Å². The minimum Gasteiger partial charge on any atom is -0.455 e. The minimum absolute atomic E-state index is 0.0763. The summed E-state index contributed by atoms with van der Waals surface area (Å²) in [7, 11) is 0. The fourth-order valence-electron chi connectivity index (χ4n) is 4.74. The monoisotopic (exact) mass is 312 g/mol. The molecule has 23 heavy (non-hydrogen) atoms. The number of hydrogen-bond donors (Lipinski definition) is 1. The standard InChI is InChI=1S/C18H24N4O/c1-2-4-14-10-19-16(9-13(14)3-1)21-17-20-11-18(23-17)12-22-7-5-15(18)6-8-22/h9-10,15H,1-8,11-12H2,(H,19,20,21)/t18-/m0/s1. The molecule has 0 unspecified atom stereocenters. The lowest BCUT2D eigenvalue weighted by Crippen LogP contribution is -2.61. The Morgan fingerprint density at radius 2 is 2.00 bits per heavy atom. The number of fused-ring (bicyclic) bond motifs is 3. The molecule has 1 atom stereocenters. The van der Waals surface area contributed by atoms with Crippen LogP contribution in [-0.2, 0) is 17.6 Å². The Morgan fingerprint density at radius 1 is 1.17 bits per heavy atom. The van der Waals surface area contributed by atoms with Crippen LogP contribution in [0, 0.1) is 5.92 Å². The third-order valence-electron chi connectivity index (χ3n) is 6.07. The van der Waals surface area contributed by atoms with E-state index in [1.54, 1.807) is 0 Å². The summed E-state index contributed by atoms with van der Waals surface area (Å²) in [5.41, 5.74) is 2.77. The number of aryl methyl sites for hydroxylation is 2. The second-order valence-electron chi connectivity index (χ2n) is 7.51. The van der Waals surface area contributed by atoms with Crippen molar-refractivity contribution < 1.29 is 4.74 Å². The number of nitrogens with zero attached hydrogens (tertiary/aromatic N) is 3. The highest BCUT2D eigenvalue weighted by Gasteiger charge is 2.51. The number of hydrogen-bond acceptors (Lipinski definition) is 5. The third kappa shape index (κ3) is 2.33. The number of aliphatic imine (C=N–C) groups is 1. The van der Waals surface area contributed by atoms with Crippen LogP contribution in [0.15, 0.2) is 17.3 Å². The van der Waals surface area contributed by atoms with Crippen molar-refractivity contribution in [3.8, 4) is 0 Å². The molecule has 122 valence electrons. The van der Waals surface area contributed by atoms with Crippen LogP contribution < -0.4 is 5.32 Å². The zero-order chi connectivity index (χ0) is 15.3. The van der Waals surface area contributed by atoms with Crippen molar-refractivity contribution in [2.75, 3.05) is 31.5 Å². The van der Waals surface area contributed by atoms with Gasteiger partial charge in [-0.25, -0.2) is 9.98 Å². The van der Waals surface area contributed by atoms with E-state index in [-0.39, 0.29) is 5.60 Å². The molecule has 0 aromatic carbocycles. The van der Waals surface area contributed by atoms with Crippen LogP contribution >= 0.6 is 0 Å². The number of pyridine rings is 1. The number of rotatable bonds is 1. The van der Waals surface area contributed by atoms with E-state index in [4.69, 9.17) is 4.74 Å². The Bertz CT molecular complexity index is 650. The number of aromatic nitrogens is 1. The molecule has 5 aliphatic rings. The lowest BCUT2D eigenvalue weighted by atomic mass is 9.75. The van der Waals surface area contributed by atoms with Gasteiger partial charge >= 0.3 is 0 Å². The van der Waals surface area contributed by atoms with Gasteiger partial charge in [0.05, 0.1) is 6.54 Å². The van der Waals surface area contributed by atoms with Crippen molar-refractivity contribution in [3.63, 3.8) is 0 Å². The quantitative estimate of drug-likeness (QED) is 0.864. The first-order valence-corrected chi connectivity index (χ1v) is 9.01. The maximum absolute atomic E-state index is 6.33. The summed E-state index contributed by atoms with van der Waals surface area (Å²) < 4.78 is 6.33. The Kier molecular flexibility index (Phi) is 3.11. The van der Waals surface area contributed by atoms with Gasteiger partial charge in [0.2, 0.25) is 0 Å². The Balaban J connectivity index is 1.31. The maximum atomic E-state index is 6.33. The van der Waals surface area contributed by atoms with E-state index >= 15 is 0 Å². The van der Waals surface area contributed by atoms with Crippen LogP contribution in [0.5, 0.6) is 0 Å². The van der Waals surface area contributed by atoms with E-state index in [1.165, 1.54) is 62.7 Å². The molecule has 2 bridgehead atoms. The van der Waals surface area contributed by atoms with Crippen molar-refractivity contribution in [1.29, 1.82) is 0 Å². The van der Waals surface area contributed by atoms with Crippen molar-refractivity contribution >= 4 is 11.8 Å². The second kappa shape index (κ2) is 5.20. The zero-order valence-electron chi connectivity index (χ0n) is 13.6. The van der Waals surface area contributed by atoms with Crippen molar-refractivity contribution in [2.24, 2.45) is 10.9 Å². The van der Waals surface area contributed by atoms with Crippen molar-refractivity contribution in [1.82, 2.24) is 9.88 Å². The second-order valence-corrected chi connectivity index (χ2v) is 7.51. The lowest BCUT2D eigenvalue weighted by molar-refractivity contribution is -0.0829. The first-order valence-electron chi connectivity index (χ1n) is 9.01. The zero-order valence-corrected chi connectivity index (χ0v) is 13.6. The van der Waals surface area contributed by atoms with Gasteiger partial charge in [-0.1, -0.05) is 0 Å². The van der Waals surface area contributed by atoms with Crippen molar-refractivity contribution in [2.45, 2.75) is 44.1 Å². The van der Waals surface area contributed by atoms with Gasteiger partial charge in [0.1, 0.15) is 11.4 Å². The molecule has 5 heterocycles. The fraction of sp³-hybridized carbons (Fsp3) is 0.667. The molecule has 6 rings (SSSR count). The molecule has 1 aromatic heterocycles. The fourth-order valence-corrected chi connectivity index (χ4v) is 4.74. The highest BCUT2D eigenvalue weighted by atomic mass is 16.5. The predicted octanol–water partition coefficient (Wildman–Crippen LogP) is 2.22. The number of amidine groups is 1. The maximum Gasteiger partial charge on any atom is 0.291 e. The molecule has 1 N–H and O–H groups in total. The number of anilines is 1. The molecule has 0 radical (unpaired) electrons. The summed E-state index contributed by atoms with van der Waals surface area (Å²) >= 11 is 0. The van der Waals surface area contributed by atoms with Gasteiger partial charge in [0.25, 0.3) is 6.02 Å². The van der Waals surface area contributed by atoms with E-state index in [9.17, 15) is 0 Å². The van der Waals surface area contributed by atoms with Crippen LogP contribution in [0.1, 0.15) is 36.8 Å². The molecule has 0 amide bonds. The Labute approximate surface area is 137 Å². The summed E-state index contributed by atoms with van der Waals surface area (Å²) in [6.07, 6.45) is 9.43. The van der Waals surface area contributed by atoms with Gasteiger partial charge < -0.3 is 4.74 Å². The van der Waals surface area contributed by atoms with Gasteiger partial charge in [0.15, 0.2) is 0 Å². The summed E-state index contributed by atoms with van der Waals surface area (Å²) in [6, 6.07) is 2.85. The molecule has 5 nitrogen and oxygen atoms in total. The summed E-state index contributed by atoms with van der Waals surface area (Å²) in [6.45, 7) is 4.28. The highest BCUT2D eigenvalue weighted by molar-refractivity contribution is 5.89. The summed E-state index contributed by atoms with van der Waals surface area (Å²) in [4.78, 5) is 11.7. The molecule has 4 aliphatic heterocycles. The molecular formula is C18H24N4O. The molecular weight excluding hydrogens is 288 g/mol. The number of piperidine rings is 3. The molecule has 1 aromatic rings. The normalized spacial score (nSPS) is 34.9. The predicted molar refractivity (Wildman–Crippen MR) is 89.8 cm³/mol. The number of ether oxygens (including phenoxy) is 1. The van der Waals surface area contributed by atoms with Crippen LogP contribution in [0.3, 0.4) is 0 Å². The lowest BCUT2D eigenvalue weighted by Gasteiger charge is -2.50. The Morgan fingerprint density at radius 3 is 2.78 bits per heavy atom. The summed E-state index contributed by atoms with van der Waals surface area (Å²) in [5.74, 6) is 1.54. The molecule has 3 fully saturated rings. The third-order valence-corrected chi connectivity index (χ3v) is 6.07.